The lowest BCUT2D eigenvalue weighted by atomic mass is 10.1. The largest absolute Gasteiger partial charge is 0.431 e. The number of alkyl halides is 3. The van der Waals surface area contributed by atoms with Gasteiger partial charge in [-0.05, 0) is 30.3 Å². The fraction of sp³-hybridized carbons (Fsp3) is 0.231. The maximum Gasteiger partial charge on any atom is 0.431 e. The van der Waals surface area contributed by atoms with Crippen LogP contribution in [0.3, 0.4) is 0 Å². The van der Waals surface area contributed by atoms with Gasteiger partial charge < -0.3 is 4.98 Å². The lowest BCUT2D eigenvalue weighted by Crippen LogP contribution is -2.25. The zero-order valence-electron chi connectivity index (χ0n) is 10.5. The Balaban J connectivity index is 2.48. The van der Waals surface area contributed by atoms with Gasteiger partial charge in [-0.15, -0.1) is 0 Å². The zero-order chi connectivity index (χ0) is 14.9. The zero-order valence-corrected chi connectivity index (χ0v) is 11.3. The van der Waals surface area contributed by atoms with Crippen LogP contribution in [0.1, 0.15) is 16.8 Å². The molecule has 0 radical (unpaired) electrons. The van der Waals surface area contributed by atoms with Crippen molar-refractivity contribution >= 4 is 12.2 Å². The molecule has 20 heavy (non-hydrogen) atoms. The van der Waals surface area contributed by atoms with Crippen LogP contribution in [-0.4, -0.2) is 9.55 Å². The minimum absolute atomic E-state index is 0.138. The minimum Gasteiger partial charge on any atom is -0.328 e. The van der Waals surface area contributed by atoms with Crippen LogP contribution in [-0.2, 0) is 12.7 Å². The summed E-state index contributed by atoms with van der Waals surface area (Å²) in [7, 11) is 0. The molecule has 1 heterocycles. The molecule has 0 unspecified atom stereocenters. The van der Waals surface area contributed by atoms with Gasteiger partial charge in [-0.25, -0.2) is 0 Å². The molecule has 106 valence electrons. The number of rotatable bonds is 2. The number of hydrogen-bond acceptors (Lipinski definition) is 2. The maximum atomic E-state index is 12.5. The summed E-state index contributed by atoms with van der Waals surface area (Å²) in [5.74, 6) is 0. The first kappa shape index (κ1) is 14.5. The van der Waals surface area contributed by atoms with E-state index in [1.807, 2.05) is 24.0 Å². The molecule has 1 aromatic heterocycles. The summed E-state index contributed by atoms with van der Waals surface area (Å²) in [6.07, 6.45) is -4.62. The lowest BCUT2D eigenvalue weighted by Gasteiger charge is -2.11. The Hall–Kier alpha value is -1.89. The van der Waals surface area contributed by atoms with Gasteiger partial charge in [0.15, 0.2) is 4.77 Å². The first-order valence-corrected chi connectivity index (χ1v) is 6.16. The minimum atomic E-state index is -4.62. The van der Waals surface area contributed by atoms with Crippen molar-refractivity contribution in [3.05, 3.63) is 62.3 Å². The number of aromatic amines is 1. The third-order valence-corrected chi connectivity index (χ3v) is 3.24. The van der Waals surface area contributed by atoms with E-state index in [-0.39, 0.29) is 11.3 Å². The second-order valence-corrected chi connectivity index (χ2v) is 4.72. The average molecular weight is 300 g/mol. The molecular formula is C13H11F3N2OS. The van der Waals surface area contributed by atoms with Crippen molar-refractivity contribution in [2.75, 3.05) is 0 Å². The summed E-state index contributed by atoms with van der Waals surface area (Å²) < 4.78 is 38.5. The molecule has 0 amide bonds. The molecule has 0 spiro atoms. The van der Waals surface area contributed by atoms with Gasteiger partial charge >= 0.3 is 6.18 Å². The van der Waals surface area contributed by atoms with E-state index in [1.165, 1.54) is 0 Å². The Morgan fingerprint density at radius 2 is 1.95 bits per heavy atom. The fourth-order valence-corrected chi connectivity index (χ4v) is 2.04. The summed E-state index contributed by atoms with van der Waals surface area (Å²) in [6.45, 7) is 2.00. The molecule has 0 fully saturated rings. The summed E-state index contributed by atoms with van der Waals surface area (Å²) >= 11 is 4.85. The predicted molar refractivity (Wildman–Crippen MR) is 71.2 cm³/mol. The van der Waals surface area contributed by atoms with Crippen molar-refractivity contribution in [2.45, 2.75) is 19.6 Å². The van der Waals surface area contributed by atoms with E-state index in [9.17, 15) is 18.0 Å². The SMILES string of the molecule is Cc1ccccc1Cn1c(=O)cc(C(F)(F)F)[nH]c1=S. The number of benzene rings is 1. The van der Waals surface area contributed by atoms with E-state index < -0.39 is 17.4 Å². The first-order valence-electron chi connectivity index (χ1n) is 5.75. The normalized spacial score (nSPS) is 11.6. The average Bonchev–Trinajstić information content (AvgIpc) is 2.34. The van der Waals surface area contributed by atoms with Gasteiger partial charge in [0.05, 0.1) is 6.54 Å². The quantitative estimate of drug-likeness (QED) is 0.864. The predicted octanol–water partition coefficient (Wildman–Crippen LogP) is 3.28. The molecule has 2 aromatic rings. The van der Waals surface area contributed by atoms with E-state index in [1.54, 1.807) is 12.1 Å². The highest BCUT2D eigenvalue weighted by Crippen LogP contribution is 2.26. The van der Waals surface area contributed by atoms with Crippen molar-refractivity contribution in [1.29, 1.82) is 0 Å². The number of nitrogens with one attached hydrogen (secondary N) is 1. The highest BCUT2D eigenvalue weighted by atomic mass is 32.1. The summed E-state index contributed by atoms with van der Waals surface area (Å²) in [4.78, 5) is 13.8. The van der Waals surface area contributed by atoms with Crippen LogP contribution in [0.15, 0.2) is 35.1 Å². The van der Waals surface area contributed by atoms with Crippen LogP contribution in [0.2, 0.25) is 0 Å². The Morgan fingerprint density at radius 1 is 1.30 bits per heavy atom. The van der Waals surface area contributed by atoms with Crippen LogP contribution in [0.25, 0.3) is 0 Å². The highest BCUT2D eigenvalue weighted by Gasteiger charge is 2.32. The molecule has 3 nitrogen and oxygen atoms in total. The van der Waals surface area contributed by atoms with Crippen molar-refractivity contribution in [2.24, 2.45) is 0 Å². The molecule has 1 N–H and O–H groups in total. The number of H-pyrrole nitrogens is 1. The molecule has 0 bridgehead atoms. The van der Waals surface area contributed by atoms with E-state index in [4.69, 9.17) is 12.2 Å². The third kappa shape index (κ3) is 2.98. The number of nitrogens with zero attached hydrogens (tertiary/aromatic N) is 1. The Bertz CT molecular complexity index is 715. The standard InChI is InChI=1S/C13H11F3N2OS/c1-8-4-2-3-5-9(8)7-18-11(19)6-10(13(14,15)16)17-12(18)20/h2-6H,7H2,1H3,(H,17,20). The molecule has 7 heteroatoms. The summed E-state index contributed by atoms with van der Waals surface area (Å²) in [6, 6.07) is 7.82. The molecule has 2 rings (SSSR count). The smallest absolute Gasteiger partial charge is 0.328 e. The third-order valence-electron chi connectivity index (χ3n) is 2.92. The molecule has 0 aliphatic rings. The summed E-state index contributed by atoms with van der Waals surface area (Å²) in [5.41, 5.74) is -0.139. The fourth-order valence-electron chi connectivity index (χ4n) is 1.78. The summed E-state index contributed by atoms with van der Waals surface area (Å²) in [5, 5.41) is 0. The molecule has 1 aromatic carbocycles. The van der Waals surface area contributed by atoms with Crippen molar-refractivity contribution in [1.82, 2.24) is 9.55 Å². The van der Waals surface area contributed by atoms with Gasteiger partial charge in [0.1, 0.15) is 5.69 Å². The maximum absolute atomic E-state index is 12.5. The van der Waals surface area contributed by atoms with E-state index in [0.29, 0.717) is 6.07 Å². The van der Waals surface area contributed by atoms with Crippen LogP contribution in [0, 0.1) is 11.7 Å². The van der Waals surface area contributed by atoms with Crippen LogP contribution in [0.5, 0.6) is 0 Å². The van der Waals surface area contributed by atoms with E-state index >= 15 is 0 Å². The van der Waals surface area contributed by atoms with Gasteiger partial charge in [0.2, 0.25) is 0 Å². The van der Waals surface area contributed by atoms with Crippen LogP contribution < -0.4 is 5.56 Å². The molecule has 0 atom stereocenters. The van der Waals surface area contributed by atoms with Gasteiger partial charge in [0, 0.05) is 6.07 Å². The Morgan fingerprint density at radius 3 is 2.50 bits per heavy atom. The molecule has 0 saturated heterocycles. The van der Waals surface area contributed by atoms with Crippen molar-refractivity contribution in [3.63, 3.8) is 0 Å². The number of aryl methyl sites for hydroxylation is 1. The number of hydrogen-bond donors (Lipinski definition) is 1. The van der Waals surface area contributed by atoms with E-state index in [0.717, 1.165) is 15.7 Å². The molecular weight excluding hydrogens is 289 g/mol. The van der Waals surface area contributed by atoms with Gasteiger partial charge in [-0.1, -0.05) is 24.3 Å². The topological polar surface area (TPSA) is 37.8 Å². The van der Waals surface area contributed by atoms with E-state index in [2.05, 4.69) is 0 Å². The Labute approximate surface area is 117 Å². The number of aromatic nitrogens is 2. The molecule has 0 aliphatic heterocycles. The van der Waals surface area contributed by atoms with Gasteiger partial charge in [0.25, 0.3) is 5.56 Å². The van der Waals surface area contributed by atoms with Crippen LogP contribution >= 0.6 is 12.2 Å². The lowest BCUT2D eigenvalue weighted by molar-refractivity contribution is -0.141. The van der Waals surface area contributed by atoms with Gasteiger partial charge in [-0.2, -0.15) is 13.2 Å². The van der Waals surface area contributed by atoms with Gasteiger partial charge in [-0.3, -0.25) is 9.36 Å². The number of halogens is 3. The first-order chi connectivity index (χ1) is 9.29. The monoisotopic (exact) mass is 300 g/mol. The Kier molecular flexibility index (Phi) is 3.80. The van der Waals surface area contributed by atoms with Crippen molar-refractivity contribution in [3.8, 4) is 0 Å². The second kappa shape index (κ2) is 5.24. The molecule has 0 aliphatic carbocycles. The highest BCUT2D eigenvalue weighted by molar-refractivity contribution is 7.71. The van der Waals surface area contributed by atoms with Crippen molar-refractivity contribution < 1.29 is 13.2 Å². The van der Waals surface area contributed by atoms with Crippen LogP contribution in [0.4, 0.5) is 13.2 Å². The second-order valence-electron chi connectivity index (χ2n) is 4.34. The molecule has 0 saturated carbocycles.